The standard InChI is InChI=1S/C11H15ClN2/c1-14-6-9(11(13)7-14)8-4-2-3-5-10(8)12/h2-5,9,11H,6-7,13H2,1H3. The van der Waals surface area contributed by atoms with Crippen LogP contribution in [0.1, 0.15) is 11.5 Å². The van der Waals surface area contributed by atoms with E-state index in [9.17, 15) is 0 Å². The number of likely N-dealkylation sites (N-methyl/N-ethyl adjacent to an activating group) is 1. The Hall–Kier alpha value is -0.570. The first-order valence-electron chi connectivity index (χ1n) is 4.87. The largest absolute Gasteiger partial charge is 0.326 e. The maximum absolute atomic E-state index is 6.14. The van der Waals surface area contributed by atoms with E-state index >= 15 is 0 Å². The highest BCUT2D eigenvalue weighted by molar-refractivity contribution is 6.31. The van der Waals surface area contributed by atoms with Crippen molar-refractivity contribution in [3.05, 3.63) is 34.9 Å². The Morgan fingerprint density at radius 1 is 1.36 bits per heavy atom. The van der Waals surface area contributed by atoms with Crippen LogP contribution < -0.4 is 5.73 Å². The molecule has 0 aliphatic carbocycles. The minimum atomic E-state index is 0.208. The summed E-state index contributed by atoms with van der Waals surface area (Å²) in [4.78, 5) is 2.25. The fraction of sp³-hybridized carbons (Fsp3) is 0.455. The van der Waals surface area contributed by atoms with E-state index < -0.39 is 0 Å². The predicted molar refractivity (Wildman–Crippen MR) is 59.7 cm³/mol. The molecule has 0 radical (unpaired) electrons. The summed E-state index contributed by atoms with van der Waals surface area (Å²) in [6.45, 7) is 1.96. The number of likely N-dealkylation sites (tertiary alicyclic amines) is 1. The molecule has 1 saturated heterocycles. The number of hydrogen-bond donors (Lipinski definition) is 1. The van der Waals surface area contributed by atoms with E-state index in [1.54, 1.807) is 0 Å². The van der Waals surface area contributed by atoms with Crippen molar-refractivity contribution in [2.24, 2.45) is 5.73 Å². The third-order valence-electron chi connectivity index (χ3n) is 2.85. The number of rotatable bonds is 1. The Balaban J connectivity index is 2.27. The monoisotopic (exact) mass is 210 g/mol. The molecule has 1 aromatic carbocycles. The van der Waals surface area contributed by atoms with Gasteiger partial charge in [-0.05, 0) is 18.7 Å². The smallest absolute Gasteiger partial charge is 0.0441 e. The van der Waals surface area contributed by atoms with Gasteiger partial charge in [-0.2, -0.15) is 0 Å². The van der Waals surface area contributed by atoms with Crippen LogP contribution in [-0.2, 0) is 0 Å². The highest BCUT2D eigenvalue weighted by atomic mass is 35.5. The van der Waals surface area contributed by atoms with Crippen molar-refractivity contribution in [2.45, 2.75) is 12.0 Å². The van der Waals surface area contributed by atoms with Gasteiger partial charge in [0.15, 0.2) is 0 Å². The molecule has 2 unspecified atom stereocenters. The third-order valence-corrected chi connectivity index (χ3v) is 3.20. The van der Waals surface area contributed by atoms with E-state index in [1.807, 2.05) is 18.2 Å². The van der Waals surface area contributed by atoms with Crippen LogP contribution in [0.15, 0.2) is 24.3 Å². The second-order valence-corrected chi connectivity index (χ2v) is 4.42. The molecule has 2 atom stereocenters. The predicted octanol–water partition coefficient (Wildman–Crippen LogP) is 1.70. The van der Waals surface area contributed by atoms with Crippen molar-refractivity contribution in [3.8, 4) is 0 Å². The number of benzene rings is 1. The average molecular weight is 211 g/mol. The number of hydrogen-bond acceptors (Lipinski definition) is 2. The van der Waals surface area contributed by atoms with Crippen molar-refractivity contribution in [1.82, 2.24) is 4.90 Å². The lowest BCUT2D eigenvalue weighted by Crippen LogP contribution is -2.28. The van der Waals surface area contributed by atoms with Crippen molar-refractivity contribution in [1.29, 1.82) is 0 Å². The first-order valence-corrected chi connectivity index (χ1v) is 5.25. The molecule has 0 aromatic heterocycles. The molecule has 1 fully saturated rings. The minimum absolute atomic E-state index is 0.208. The summed E-state index contributed by atoms with van der Waals surface area (Å²) in [5.74, 6) is 0.383. The van der Waals surface area contributed by atoms with E-state index in [0.717, 1.165) is 18.1 Å². The molecule has 14 heavy (non-hydrogen) atoms. The van der Waals surface area contributed by atoms with E-state index in [2.05, 4.69) is 18.0 Å². The summed E-state index contributed by atoms with van der Waals surface area (Å²) in [5, 5.41) is 0.836. The molecule has 76 valence electrons. The molecule has 3 heteroatoms. The summed E-state index contributed by atoms with van der Waals surface area (Å²) in [5.41, 5.74) is 7.26. The van der Waals surface area contributed by atoms with Crippen LogP contribution in [0, 0.1) is 0 Å². The normalized spacial score (nSPS) is 28.2. The van der Waals surface area contributed by atoms with Crippen LogP contribution in [0.5, 0.6) is 0 Å². The molecule has 2 N–H and O–H groups in total. The van der Waals surface area contributed by atoms with Gasteiger partial charge < -0.3 is 10.6 Å². The Kier molecular flexibility index (Phi) is 2.77. The molecule has 1 aromatic rings. The van der Waals surface area contributed by atoms with Gasteiger partial charge in [0, 0.05) is 30.1 Å². The average Bonchev–Trinajstić information content (AvgIpc) is 2.46. The summed E-state index contributed by atoms with van der Waals surface area (Å²) < 4.78 is 0. The van der Waals surface area contributed by atoms with E-state index in [4.69, 9.17) is 17.3 Å². The Bertz CT molecular complexity index is 327. The maximum atomic E-state index is 6.14. The van der Waals surface area contributed by atoms with Crippen LogP contribution in [0.2, 0.25) is 5.02 Å². The fourth-order valence-electron chi connectivity index (χ4n) is 2.14. The third kappa shape index (κ3) is 1.78. The SMILES string of the molecule is CN1CC(N)C(c2ccccc2Cl)C1. The second-order valence-electron chi connectivity index (χ2n) is 4.01. The number of halogens is 1. The van der Waals surface area contributed by atoms with Gasteiger partial charge in [-0.3, -0.25) is 0 Å². The van der Waals surface area contributed by atoms with Gasteiger partial charge in [-0.25, -0.2) is 0 Å². The van der Waals surface area contributed by atoms with E-state index in [-0.39, 0.29) is 6.04 Å². The lowest BCUT2D eigenvalue weighted by molar-refractivity contribution is 0.407. The van der Waals surface area contributed by atoms with Gasteiger partial charge in [0.2, 0.25) is 0 Å². The van der Waals surface area contributed by atoms with Gasteiger partial charge in [0.1, 0.15) is 0 Å². The van der Waals surface area contributed by atoms with Crippen molar-refractivity contribution in [2.75, 3.05) is 20.1 Å². The van der Waals surface area contributed by atoms with Crippen LogP contribution >= 0.6 is 11.6 Å². The highest BCUT2D eigenvalue weighted by Crippen LogP contribution is 2.30. The van der Waals surface area contributed by atoms with Gasteiger partial charge in [-0.15, -0.1) is 0 Å². The first-order chi connectivity index (χ1) is 6.68. The number of nitrogens with zero attached hydrogens (tertiary/aromatic N) is 1. The molecule has 1 aliphatic heterocycles. The topological polar surface area (TPSA) is 29.3 Å². The Morgan fingerprint density at radius 2 is 2.07 bits per heavy atom. The van der Waals surface area contributed by atoms with E-state index in [1.165, 1.54) is 5.56 Å². The van der Waals surface area contributed by atoms with Crippen LogP contribution in [0.3, 0.4) is 0 Å². The molecule has 1 heterocycles. The second kappa shape index (κ2) is 3.89. The van der Waals surface area contributed by atoms with Crippen LogP contribution in [0.25, 0.3) is 0 Å². The minimum Gasteiger partial charge on any atom is -0.326 e. The van der Waals surface area contributed by atoms with E-state index in [0.29, 0.717) is 5.92 Å². The van der Waals surface area contributed by atoms with Gasteiger partial charge in [0.25, 0.3) is 0 Å². The summed E-state index contributed by atoms with van der Waals surface area (Å²) >= 11 is 6.14. The summed E-state index contributed by atoms with van der Waals surface area (Å²) in [6.07, 6.45) is 0. The number of nitrogens with two attached hydrogens (primary N) is 1. The lowest BCUT2D eigenvalue weighted by Gasteiger charge is -2.15. The Morgan fingerprint density at radius 3 is 2.64 bits per heavy atom. The quantitative estimate of drug-likeness (QED) is 0.765. The fourth-order valence-corrected chi connectivity index (χ4v) is 2.41. The molecule has 0 saturated carbocycles. The van der Waals surface area contributed by atoms with Gasteiger partial charge in [-0.1, -0.05) is 29.8 Å². The van der Waals surface area contributed by atoms with Crippen molar-refractivity contribution < 1.29 is 0 Å². The molecule has 2 rings (SSSR count). The van der Waals surface area contributed by atoms with Crippen molar-refractivity contribution >= 4 is 11.6 Å². The molecule has 2 nitrogen and oxygen atoms in total. The molecular weight excluding hydrogens is 196 g/mol. The molecular formula is C11H15ClN2. The lowest BCUT2D eigenvalue weighted by atomic mass is 9.95. The zero-order valence-electron chi connectivity index (χ0n) is 8.28. The van der Waals surface area contributed by atoms with Gasteiger partial charge in [0.05, 0.1) is 0 Å². The zero-order chi connectivity index (χ0) is 10.1. The van der Waals surface area contributed by atoms with Crippen molar-refractivity contribution in [3.63, 3.8) is 0 Å². The summed E-state index contributed by atoms with van der Waals surface area (Å²) in [6, 6.07) is 8.19. The zero-order valence-corrected chi connectivity index (χ0v) is 9.04. The first kappa shape index (κ1) is 9.97. The van der Waals surface area contributed by atoms with Crippen LogP contribution in [0.4, 0.5) is 0 Å². The maximum Gasteiger partial charge on any atom is 0.0441 e. The molecule has 0 amide bonds. The van der Waals surface area contributed by atoms with Crippen LogP contribution in [-0.4, -0.2) is 31.1 Å². The Labute approximate surface area is 89.7 Å². The molecule has 1 aliphatic rings. The summed E-state index contributed by atoms with van der Waals surface area (Å²) in [7, 11) is 2.09. The molecule has 0 bridgehead atoms. The molecule has 0 spiro atoms. The van der Waals surface area contributed by atoms with Gasteiger partial charge >= 0.3 is 0 Å². The highest BCUT2D eigenvalue weighted by Gasteiger charge is 2.30.